The SMILES string of the molecule is CC(O)[C@H](N)c1ccnc(Br)c1. The van der Waals surface area contributed by atoms with Gasteiger partial charge in [-0.3, -0.25) is 0 Å². The van der Waals surface area contributed by atoms with Crippen molar-refractivity contribution in [3.8, 4) is 0 Å². The highest BCUT2D eigenvalue weighted by Gasteiger charge is 2.11. The van der Waals surface area contributed by atoms with E-state index in [2.05, 4.69) is 20.9 Å². The molecule has 0 amide bonds. The molecule has 4 heteroatoms. The third-order valence-electron chi connectivity index (χ3n) is 1.66. The third kappa shape index (κ3) is 2.27. The van der Waals surface area contributed by atoms with Crippen LogP contribution < -0.4 is 5.73 Å². The summed E-state index contributed by atoms with van der Waals surface area (Å²) in [4.78, 5) is 3.96. The van der Waals surface area contributed by atoms with Crippen LogP contribution in [0, 0.1) is 0 Å². The Morgan fingerprint density at radius 2 is 2.33 bits per heavy atom. The molecule has 0 aliphatic rings. The van der Waals surface area contributed by atoms with Crippen LogP contribution >= 0.6 is 15.9 Å². The molecule has 0 spiro atoms. The van der Waals surface area contributed by atoms with E-state index in [4.69, 9.17) is 5.73 Å². The van der Waals surface area contributed by atoms with E-state index in [1.54, 1.807) is 25.3 Å². The van der Waals surface area contributed by atoms with Gasteiger partial charge in [0.25, 0.3) is 0 Å². The van der Waals surface area contributed by atoms with Crippen molar-refractivity contribution in [3.63, 3.8) is 0 Å². The standard InChI is InChI=1S/C8H11BrN2O/c1-5(12)8(10)6-2-3-11-7(9)4-6/h2-5,8,12H,10H2,1H3/t5?,8-/m0/s1. The summed E-state index contributed by atoms with van der Waals surface area (Å²) < 4.78 is 0.733. The molecule has 0 aliphatic heterocycles. The topological polar surface area (TPSA) is 59.1 Å². The minimum Gasteiger partial charge on any atom is -0.391 e. The Balaban J connectivity index is 2.88. The highest BCUT2D eigenvalue weighted by atomic mass is 79.9. The first-order valence-electron chi connectivity index (χ1n) is 3.66. The van der Waals surface area contributed by atoms with Crippen molar-refractivity contribution in [3.05, 3.63) is 28.5 Å². The maximum absolute atomic E-state index is 9.20. The molecule has 0 aromatic carbocycles. The monoisotopic (exact) mass is 230 g/mol. The van der Waals surface area contributed by atoms with E-state index in [9.17, 15) is 5.11 Å². The molecular weight excluding hydrogens is 220 g/mol. The predicted molar refractivity (Wildman–Crippen MR) is 50.5 cm³/mol. The van der Waals surface area contributed by atoms with E-state index >= 15 is 0 Å². The summed E-state index contributed by atoms with van der Waals surface area (Å²) in [6.45, 7) is 1.67. The summed E-state index contributed by atoms with van der Waals surface area (Å²) in [5, 5.41) is 9.20. The summed E-state index contributed by atoms with van der Waals surface area (Å²) in [6, 6.07) is 3.25. The van der Waals surface area contributed by atoms with Crippen LogP contribution in [0.25, 0.3) is 0 Å². The quantitative estimate of drug-likeness (QED) is 0.752. The molecular formula is C8H11BrN2O. The fraction of sp³-hybridized carbons (Fsp3) is 0.375. The second-order valence-electron chi connectivity index (χ2n) is 2.68. The van der Waals surface area contributed by atoms with Crippen LogP contribution in [-0.4, -0.2) is 16.2 Å². The first-order chi connectivity index (χ1) is 5.61. The van der Waals surface area contributed by atoms with Crippen molar-refractivity contribution < 1.29 is 5.11 Å². The molecule has 1 aromatic heterocycles. The van der Waals surface area contributed by atoms with Gasteiger partial charge in [-0.05, 0) is 40.5 Å². The molecule has 0 aliphatic carbocycles. The van der Waals surface area contributed by atoms with Gasteiger partial charge in [0.15, 0.2) is 0 Å². The lowest BCUT2D eigenvalue weighted by Gasteiger charge is -2.14. The lowest BCUT2D eigenvalue weighted by molar-refractivity contribution is 0.164. The number of rotatable bonds is 2. The van der Waals surface area contributed by atoms with E-state index in [1.807, 2.05) is 0 Å². The van der Waals surface area contributed by atoms with Gasteiger partial charge in [-0.2, -0.15) is 0 Å². The first-order valence-corrected chi connectivity index (χ1v) is 4.45. The van der Waals surface area contributed by atoms with Crippen molar-refractivity contribution >= 4 is 15.9 Å². The van der Waals surface area contributed by atoms with Gasteiger partial charge in [-0.25, -0.2) is 4.98 Å². The molecule has 2 atom stereocenters. The van der Waals surface area contributed by atoms with Crippen molar-refractivity contribution in [2.45, 2.75) is 19.1 Å². The van der Waals surface area contributed by atoms with Crippen LogP contribution in [0.1, 0.15) is 18.5 Å². The minimum atomic E-state index is -0.542. The molecule has 0 saturated carbocycles. The average Bonchev–Trinajstić information content (AvgIpc) is 2.03. The molecule has 3 nitrogen and oxygen atoms in total. The molecule has 0 saturated heterocycles. The Morgan fingerprint density at radius 1 is 1.67 bits per heavy atom. The molecule has 1 aromatic rings. The van der Waals surface area contributed by atoms with Gasteiger partial charge < -0.3 is 10.8 Å². The Morgan fingerprint density at radius 3 is 2.83 bits per heavy atom. The zero-order valence-electron chi connectivity index (χ0n) is 6.74. The van der Waals surface area contributed by atoms with Gasteiger partial charge in [0.05, 0.1) is 12.1 Å². The van der Waals surface area contributed by atoms with Crippen LogP contribution in [0.2, 0.25) is 0 Å². The van der Waals surface area contributed by atoms with Crippen molar-refractivity contribution in [2.75, 3.05) is 0 Å². The van der Waals surface area contributed by atoms with E-state index in [1.165, 1.54) is 0 Å². The Bertz CT molecular complexity index is 265. The van der Waals surface area contributed by atoms with Gasteiger partial charge in [-0.1, -0.05) is 0 Å². The highest BCUT2D eigenvalue weighted by molar-refractivity contribution is 9.10. The number of aromatic nitrogens is 1. The first kappa shape index (κ1) is 9.64. The van der Waals surface area contributed by atoms with Gasteiger partial charge in [0.2, 0.25) is 0 Å². The Hall–Kier alpha value is -0.450. The Labute approximate surface area is 79.7 Å². The predicted octanol–water partition coefficient (Wildman–Crippen LogP) is 1.22. The molecule has 1 unspecified atom stereocenters. The number of aliphatic hydroxyl groups excluding tert-OH is 1. The second kappa shape index (κ2) is 3.98. The van der Waals surface area contributed by atoms with E-state index in [0.717, 1.165) is 10.2 Å². The van der Waals surface area contributed by atoms with Crippen LogP contribution in [0.4, 0.5) is 0 Å². The van der Waals surface area contributed by atoms with Gasteiger partial charge in [0.1, 0.15) is 4.60 Å². The largest absolute Gasteiger partial charge is 0.391 e. The smallest absolute Gasteiger partial charge is 0.106 e. The lowest BCUT2D eigenvalue weighted by atomic mass is 10.1. The van der Waals surface area contributed by atoms with Crippen LogP contribution in [0.3, 0.4) is 0 Å². The number of hydrogen-bond donors (Lipinski definition) is 2. The number of aliphatic hydroxyl groups is 1. The van der Waals surface area contributed by atoms with Crippen LogP contribution in [0.5, 0.6) is 0 Å². The van der Waals surface area contributed by atoms with Crippen LogP contribution in [-0.2, 0) is 0 Å². The normalized spacial score (nSPS) is 15.7. The number of hydrogen-bond acceptors (Lipinski definition) is 3. The number of pyridine rings is 1. The third-order valence-corrected chi connectivity index (χ3v) is 2.09. The van der Waals surface area contributed by atoms with Gasteiger partial charge >= 0.3 is 0 Å². The lowest BCUT2D eigenvalue weighted by Crippen LogP contribution is -2.23. The summed E-state index contributed by atoms with van der Waals surface area (Å²) in [5.74, 6) is 0. The van der Waals surface area contributed by atoms with Crippen molar-refractivity contribution in [1.29, 1.82) is 0 Å². The second-order valence-corrected chi connectivity index (χ2v) is 3.49. The molecule has 3 N–H and O–H groups in total. The highest BCUT2D eigenvalue weighted by Crippen LogP contribution is 2.16. The fourth-order valence-corrected chi connectivity index (χ4v) is 1.29. The summed E-state index contributed by atoms with van der Waals surface area (Å²) in [7, 11) is 0. The molecule has 66 valence electrons. The number of halogens is 1. The maximum atomic E-state index is 9.20. The zero-order chi connectivity index (χ0) is 9.14. The molecule has 1 heterocycles. The van der Waals surface area contributed by atoms with Crippen LogP contribution in [0.15, 0.2) is 22.9 Å². The van der Waals surface area contributed by atoms with Gasteiger partial charge in [-0.15, -0.1) is 0 Å². The summed E-state index contributed by atoms with van der Waals surface area (Å²) in [5.41, 5.74) is 6.59. The van der Waals surface area contributed by atoms with Gasteiger partial charge in [0, 0.05) is 6.20 Å². The summed E-state index contributed by atoms with van der Waals surface area (Å²) in [6.07, 6.45) is 1.11. The van der Waals surface area contributed by atoms with E-state index in [-0.39, 0.29) is 6.04 Å². The summed E-state index contributed by atoms with van der Waals surface area (Å²) >= 11 is 3.23. The minimum absolute atomic E-state index is 0.343. The zero-order valence-corrected chi connectivity index (χ0v) is 8.32. The number of nitrogens with zero attached hydrogens (tertiary/aromatic N) is 1. The molecule has 12 heavy (non-hydrogen) atoms. The molecule has 0 radical (unpaired) electrons. The van der Waals surface area contributed by atoms with Crippen molar-refractivity contribution in [1.82, 2.24) is 4.98 Å². The molecule has 0 bridgehead atoms. The molecule has 1 rings (SSSR count). The Kier molecular flexibility index (Phi) is 3.20. The average molecular weight is 231 g/mol. The van der Waals surface area contributed by atoms with Crippen molar-refractivity contribution in [2.24, 2.45) is 5.73 Å². The van der Waals surface area contributed by atoms with E-state index in [0.29, 0.717) is 0 Å². The molecule has 0 fully saturated rings. The van der Waals surface area contributed by atoms with E-state index < -0.39 is 6.10 Å². The maximum Gasteiger partial charge on any atom is 0.106 e. The fourth-order valence-electron chi connectivity index (χ4n) is 0.903. The number of nitrogens with two attached hydrogens (primary N) is 1.